The number of amides is 1. The Morgan fingerprint density at radius 1 is 1.40 bits per heavy atom. The molecule has 20 heavy (non-hydrogen) atoms. The Kier molecular flexibility index (Phi) is 3.11. The van der Waals surface area contributed by atoms with E-state index in [1.54, 1.807) is 28.9 Å². The number of rotatable bonds is 2. The number of azo groups is 1. The van der Waals surface area contributed by atoms with Crippen LogP contribution in [0.3, 0.4) is 0 Å². The lowest BCUT2D eigenvalue weighted by Gasteiger charge is -2.13. The number of nitrogen functional groups attached to an aromatic ring is 1. The van der Waals surface area contributed by atoms with Crippen molar-refractivity contribution in [2.75, 3.05) is 11.1 Å². The molecule has 102 valence electrons. The summed E-state index contributed by atoms with van der Waals surface area (Å²) in [5, 5.41) is 15.5. The predicted octanol–water partition coefficient (Wildman–Crippen LogP) is 2.88. The van der Waals surface area contributed by atoms with E-state index >= 15 is 0 Å². The maximum atomic E-state index is 11.4. The summed E-state index contributed by atoms with van der Waals surface area (Å²) in [6, 6.07) is 6.96. The third-order valence-electron chi connectivity index (χ3n) is 2.84. The van der Waals surface area contributed by atoms with E-state index in [9.17, 15) is 4.79 Å². The number of hydrogen-bond donors (Lipinski definition) is 2. The SMILES string of the molecule is Nc1nn2c(c1N=Nc1cccc(Cl)c1)NC(=O)CC2. The van der Waals surface area contributed by atoms with Gasteiger partial charge in [-0.3, -0.25) is 4.79 Å². The first-order valence-corrected chi connectivity index (χ1v) is 6.35. The quantitative estimate of drug-likeness (QED) is 0.832. The first-order chi connectivity index (χ1) is 9.63. The van der Waals surface area contributed by atoms with Gasteiger partial charge in [-0.15, -0.1) is 5.11 Å². The van der Waals surface area contributed by atoms with Crippen molar-refractivity contribution in [2.24, 2.45) is 10.2 Å². The molecule has 2 heterocycles. The van der Waals surface area contributed by atoms with Crippen LogP contribution in [0.5, 0.6) is 0 Å². The average molecular weight is 291 g/mol. The van der Waals surface area contributed by atoms with Crippen molar-refractivity contribution in [1.29, 1.82) is 0 Å². The number of nitrogens with two attached hydrogens (primary N) is 1. The number of fused-ring (bicyclic) bond motifs is 1. The van der Waals surface area contributed by atoms with Gasteiger partial charge in [-0.1, -0.05) is 17.7 Å². The normalized spacial score (nSPS) is 14.3. The fraction of sp³-hybridized carbons (Fsp3) is 0.167. The van der Waals surface area contributed by atoms with Crippen molar-refractivity contribution in [1.82, 2.24) is 9.78 Å². The van der Waals surface area contributed by atoms with Gasteiger partial charge < -0.3 is 11.1 Å². The highest BCUT2D eigenvalue weighted by Crippen LogP contribution is 2.35. The number of benzene rings is 1. The first-order valence-electron chi connectivity index (χ1n) is 5.97. The van der Waals surface area contributed by atoms with Crippen LogP contribution in [0.2, 0.25) is 5.02 Å². The topological polar surface area (TPSA) is 97.7 Å². The van der Waals surface area contributed by atoms with Gasteiger partial charge in [-0.05, 0) is 18.2 Å². The number of halogens is 1. The van der Waals surface area contributed by atoms with Crippen LogP contribution < -0.4 is 11.1 Å². The summed E-state index contributed by atoms with van der Waals surface area (Å²) in [6.45, 7) is 0.484. The molecule has 2 aromatic rings. The largest absolute Gasteiger partial charge is 0.380 e. The Hall–Kier alpha value is -2.41. The Bertz CT molecular complexity index is 708. The van der Waals surface area contributed by atoms with E-state index in [-0.39, 0.29) is 11.7 Å². The Balaban J connectivity index is 1.95. The summed E-state index contributed by atoms with van der Waals surface area (Å²) in [4.78, 5) is 11.4. The zero-order chi connectivity index (χ0) is 14.1. The van der Waals surface area contributed by atoms with Crippen LogP contribution in [0, 0.1) is 0 Å². The highest BCUT2D eigenvalue weighted by molar-refractivity contribution is 6.30. The number of carbonyl (C=O) groups excluding carboxylic acids is 1. The number of carbonyl (C=O) groups is 1. The summed E-state index contributed by atoms with van der Waals surface area (Å²) in [5.41, 5.74) is 6.75. The van der Waals surface area contributed by atoms with Crippen molar-refractivity contribution in [3.63, 3.8) is 0 Å². The van der Waals surface area contributed by atoms with Crippen molar-refractivity contribution in [2.45, 2.75) is 13.0 Å². The molecule has 0 aliphatic carbocycles. The van der Waals surface area contributed by atoms with Crippen molar-refractivity contribution < 1.29 is 4.79 Å². The molecule has 0 atom stereocenters. The second kappa shape index (κ2) is 4.93. The Morgan fingerprint density at radius 3 is 3.05 bits per heavy atom. The van der Waals surface area contributed by atoms with Gasteiger partial charge in [-0.2, -0.15) is 10.2 Å². The van der Waals surface area contributed by atoms with Gasteiger partial charge in [0.25, 0.3) is 0 Å². The number of aryl methyl sites for hydroxylation is 1. The van der Waals surface area contributed by atoms with Crippen molar-refractivity contribution in [3.05, 3.63) is 29.3 Å². The summed E-state index contributed by atoms with van der Waals surface area (Å²) in [6.07, 6.45) is 0.374. The molecule has 3 rings (SSSR count). The lowest BCUT2D eigenvalue weighted by Crippen LogP contribution is -2.23. The first kappa shape index (κ1) is 12.6. The standard InChI is InChI=1S/C12H11ClN6O/c13-7-2-1-3-8(6-7)16-17-10-11(14)18-19-5-4-9(20)15-12(10)19/h1-3,6H,4-5H2,(H2,14,18)(H,15,20). The molecule has 1 aliphatic heterocycles. The Labute approximate surface area is 119 Å². The molecule has 1 aromatic carbocycles. The molecular weight excluding hydrogens is 280 g/mol. The lowest BCUT2D eigenvalue weighted by molar-refractivity contribution is -0.116. The molecule has 0 bridgehead atoms. The molecule has 8 heteroatoms. The molecule has 3 N–H and O–H groups in total. The second-order valence-electron chi connectivity index (χ2n) is 4.28. The van der Waals surface area contributed by atoms with Crippen LogP contribution >= 0.6 is 11.6 Å². The third kappa shape index (κ3) is 2.35. The molecule has 1 aromatic heterocycles. The maximum absolute atomic E-state index is 11.4. The van der Waals surface area contributed by atoms with E-state index in [1.165, 1.54) is 0 Å². The van der Waals surface area contributed by atoms with E-state index < -0.39 is 0 Å². The lowest BCUT2D eigenvalue weighted by atomic mass is 10.3. The Morgan fingerprint density at radius 2 is 2.25 bits per heavy atom. The minimum Gasteiger partial charge on any atom is -0.380 e. The average Bonchev–Trinajstić information content (AvgIpc) is 2.72. The molecule has 7 nitrogen and oxygen atoms in total. The molecule has 1 aliphatic rings. The molecule has 0 fully saturated rings. The zero-order valence-electron chi connectivity index (χ0n) is 10.4. The number of aromatic nitrogens is 2. The summed E-state index contributed by atoms with van der Waals surface area (Å²) in [5.74, 6) is 0.620. The van der Waals surface area contributed by atoms with Crippen molar-refractivity contribution in [3.8, 4) is 0 Å². The number of anilines is 2. The van der Waals surface area contributed by atoms with Crippen LogP contribution in [-0.2, 0) is 11.3 Å². The molecule has 0 radical (unpaired) electrons. The predicted molar refractivity (Wildman–Crippen MR) is 75.5 cm³/mol. The summed E-state index contributed by atoms with van der Waals surface area (Å²) >= 11 is 5.87. The monoisotopic (exact) mass is 290 g/mol. The molecule has 0 saturated heterocycles. The third-order valence-corrected chi connectivity index (χ3v) is 3.07. The van der Waals surface area contributed by atoms with Gasteiger partial charge in [0, 0.05) is 11.4 Å². The van der Waals surface area contributed by atoms with Gasteiger partial charge in [0.1, 0.15) is 0 Å². The van der Waals surface area contributed by atoms with E-state index in [1.807, 2.05) is 0 Å². The number of nitrogens with one attached hydrogen (secondary N) is 1. The fourth-order valence-electron chi connectivity index (χ4n) is 1.90. The van der Waals surface area contributed by atoms with Crippen LogP contribution in [0.4, 0.5) is 23.0 Å². The van der Waals surface area contributed by atoms with Gasteiger partial charge >= 0.3 is 0 Å². The molecular formula is C12H11ClN6O. The highest BCUT2D eigenvalue weighted by atomic mass is 35.5. The molecule has 0 unspecified atom stereocenters. The van der Waals surface area contributed by atoms with E-state index in [0.29, 0.717) is 35.2 Å². The van der Waals surface area contributed by atoms with Gasteiger partial charge in [0.15, 0.2) is 17.3 Å². The second-order valence-corrected chi connectivity index (χ2v) is 4.72. The molecule has 0 spiro atoms. The van der Waals surface area contributed by atoms with Crippen LogP contribution in [0.25, 0.3) is 0 Å². The highest BCUT2D eigenvalue weighted by Gasteiger charge is 2.22. The fourth-order valence-corrected chi connectivity index (χ4v) is 2.09. The summed E-state index contributed by atoms with van der Waals surface area (Å²) in [7, 11) is 0. The van der Waals surface area contributed by atoms with Crippen LogP contribution in [0.15, 0.2) is 34.5 Å². The molecule has 1 amide bonds. The van der Waals surface area contributed by atoms with Gasteiger partial charge in [0.2, 0.25) is 5.91 Å². The van der Waals surface area contributed by atoms with E-state index in [0.717, 1.165) is 0 Å². The maximum Gasteiger partial charge on any atom is 0.227 e. The molecule has 0 saturated carbocycles. The minimum absolute atomic E-state index is 0.0865. The number of nitrogens with zero attached hydrogens (tertiary/aromatic N) is 4. The van der Waals surface area contributed by atoms with Crippen LogP contribution in [-0.4, -0.2) is 15.7 Å². The van der Waals surface area contributed by atoms with Crippen molar-refractivity contribution >= 4 is 40.5 Å². The smallest absolute Gasteiger partial charge is 0.227 e. The van der Waals surface area contributed by atoms with Gasteiger partial charge in [-0.25, -0.2) is 4.68 Å². The van der Waals surface area contributed by atoms with E-state index in [4.69, 9.17) is 17.3 Å². The number of hydrogen-bond acceptors (Lipinski definition) is 5. The van der Waals surface area contributed by atoms with Gasteiger partial charge in [0.05, 0.1) is 12.2 Å². The summed E-state index contributed by atoms with van der Waals surface area (Å²) < 4.78 is 1.61. The van der Waals surface area contributed by atoms with Crippen LogP contribution in [0.1, 0.15) is 6.42 Å². The van der Waals surface area contributed by atoms with E-state index in [2.05, 4.69) is 20.6 Å². The minimum atomic E-state index is -0.0865. The zero-order valence-corrected chi connectivity index (χ0v) is 11.1.